The van der Waals surface area contributed by atoms with Crippen molar-refractivity contribution in [2.45, 2.75) is 6.54 Å². The highest BCUT2D eigenvalue weighted by molar-refractivity contribution is 5.71. The van der Waals surface area contributed by atoms with Crippen LogP contribution in [0.15, 0.2) is 78.9 Å². The molecule has 3 aromatic rings. The molecule has 1 amide bonds. The minimum Gasteiger partial charge on any atom is -0.410 e. The average molecular weight is 362 g/mol. The molecule has 136 valence electrons. The van der Waals surface area contributed by atoms with Crippen molar-refractivity contribution in [1.82, 2.24) is 4.90 Å². The third-order valence-corrected chi connectivity index (χ3v) is 4.02. The Kier molecular flexibility index (Phi) is 5.47. The van der Waals surface area contributed by atoms with Crippen molar-refractivity contribution in [3.63, 3.8) is 0 Å². The zero-order valence-electron chi connectivity index (χ0n) is 14.7. The second-order valence-electron chi connectivity index (χ2n) is 6.04. The van der Waals surface area contributed by atoms with Crippen LogP contribution in [0, 0.1) is 10.1 Å². The summed E-state index contributed by atoms with van der Waals surface area (Å²) in [5.41, 5.74) is 3.10. The SMILES string of the molecule is CN(Cc1cccc(-c2ccccc2)c1)C(=O)Oc1ccc([N+](=O)[O-])cc1. The Morgan fingerprint density at radius 2 is 1.63 bits per heavy atom. The predicted molar refractivity (Wildman–Crippen MR) is 102 cm³/mol. The van der Waals surface area contributed by atoms with Gasteiger partial charge in [0.05, 0.1) is 4.92 Å². The number of nitro groups is 1. The van der Waals surface area contributed by atoms with E-state index >= 15 is 0 Å². The van der Waals surface area contributed by atoms with Gasteiger partial charge in [0.1, 0.15) is 5.75 Å². The van der Waals surface area contributed by atoms with Crippen LogP contribution >= 0.6 is 0 Å². The molecule has 6 heteroatoms. The van der Waals surface area contributed by atoms with Crippen molar-refractivity contribution in [3.8, 4) is 16.9 Å². The summed E-state index contributed by atoms with van der Waals surface area (Å²) in [6, 6.07) is 23.4. The summed E-state index contributed by atoms with van der Waals surface area (Å²) in [4.78, 5) is 23.9. The summed E-state index contributed by atoms with van der Waals surface area (Å²) < 4.78 is 5.26. The molecule has 3 rings (SSSR count). The van der Waals surface area contributed by atoms with Gasteiger partial charge >= 0.3 is 6.09 Å². The van der Waals surface area contributed by atoms with Crippen LogP contribution in [0.5, 0.6) is 5.75 Å². The molecule has 0 atom stereocenters. The van der Waals surface area contributed by atoms with Crippen LogP contribution in [0.3, 0.4) is 0 Å². The van der Waals surface area contributed by atoms with E-state index in [1.807, 2.05) is 54.6 Å². The molecule has 27 heavy (non-hydrogen) atoms. The van der Waals surface area contributed by atoms with E-state index in [1.54, 1.807) is 7.05 Å². The maximum atomic E-state index is 12.3. The van der Waals surface area contributed by atoms with Crippen LogP contribution in [0.4, 0.5) is 10.5 Å². The minimum atomic E-state index is -0.533. The van der Waals surface area contributed by atoms with Gasteiger partial charge in [0.15, 0.2) is 0 Å². The first-order valence-electron chi connectivity index (χ1n) is 8.35. The van der Waals surface area contributed by atoms with Gasteiger partial charge in [0, 0.05) is 25.7 Å². The monoisotopic (exact) mass is 362 g/mol. The van der Waals surface area contributed by atoms with Crippen LogP contribution < -0.4 is 4.74 Å². The Bertz CT molecular complexity index is 940. The van der Waals surface area contributed by atoms with Crippen LogP contribution in [-0.4, -0.2) is 23.0 Å². The van der Waals surface area contributed by atoms with Gasteiger partial charge in [-0.25, -0.2) is 4.79 Å². The standard InChI is InChI=1S/C21H18N2O4/c1-22(21(24)27-20-12-10-19(11-13-20)23(25)26)15-16-6-5-9-18(14-16)17-7-3-2-4-8-17/h2-14H,15H2,1H3. The first kappa shape index (κ1) is 18.1. The number of hydrogen-bond donors (Lipinski definition) is 0. The Hall–Kier alpha value is -3.67. The second-order valence-corrected chi connectivity index (χ2v) is 6.04. The maximum absolute atomic E-state index is 12.3. The largest absolute Gasteiger partial charge is 0.415 e. The molecule has 0 aliphatic carbocycles. The number of ether oxygens (including phenoxy) is 1. The van der Waals surface area contributed by atoms with Crippen molar-refractivity contribution in [1.29, 1.82) is 0 Å². The highest BCUT2D eigenvalue weighted by Gasteiger charge is 2.13. The van der Waals surface area contributed by atoms with E-state index in [-0.39, 0.29) is 11.4 Å². The number of carbonyl (C=O) groups excluding carboxylic acids is 1. The van der Waals surface area contributed by atoms with E-state index in [9.17, 15) is 14.9 Å². The molecule has 0 aromatic heterocycles. The summed E-state index contributed by atoms with van der Waals surface area (Å²) >= 11 is 0. The minimum absolute atomic E-state index is 0.0547. The number of non-ortho nitro benzene ring substituents is 1. The molecular formula is C21H18N2O4. The van der Waals surface area contributed by atoms with Crippen LogP contribution in [0.2, 0.25) is 0 Å². The fourth-order valence-corrected chi connectivity index (χ4v) is 2.63. The van der Waals surface area contributed by atoms with Gasteiger partial charge in [-0.15, -0.1) is 0 Å². The van der Waals surface area contributed by atoms with Gasteiger partial charge in [0.2, 0.25) is 0 Å². The highest BCUT2D eigenvalue weighted by atomic mass is 16.6. The number of hydrogen-bond acceptors (Lipinski definition) is 4. The topological polar surface area (TPSA) is 72.7 Å². The molecule has 0 aliphatic heterocycles. The summed E-state index contributed by atoms with van der Waals surface area (Å²) in [5, 5.41) is 10.7. The van der Waals surface area contributed by atoms with Gasteiger partial charge in [-0.2, -0.15) is 0 Å². The Morgan fingerprint density at radius 1 is 0.963 bits per heavy atom. The summed E-state index contributed by atoms with van der Waals surface area (Å²) in [6.07, 6.45) is -0.533. The zero-order chi connectivity index (χ0) is 19.2. The van der Waals surface area contributed by atoms with Gasteiger partial charge in [-0.3, -0.25) is 10.1 Å². The van der Waals surface area contributed by atoms with Gasteiger partial charge < -0.3 is 9.64 Å². The van der Waals surface area contributed by atoms with Crippen molar-refractivity contribution in [2.75, 3.05) is 7.05 Å². The molecule has 0 spiro atoms. The lowest BCUT2D eigenvalue weighted by atomic mass is 10.0. The summed E-state index contributed by atoms with van der Waals surface area (Å²) in [7, 11) is 1.64. The van der Waals surface area contributed by atoms with Crippen LogP contribution in [0.25, 0.3) is 11.1 Å². The van der Waals surface area contributed by atoms with E-state index in [1.165, 1.54) is 29.2 Å². The first-order chi connectivity index (χ1) is 13.0. The molecule has 0 N–H and O–H groups in total. The van der Waals surface area contributed by atoms with Crippen molar-refractivity contribution in [3.05, 3.63) is 94.5 Å². The van der Waals surface area contributed by atoms with E-state index in [2.05, 4.69) is 0 Å². The van der Waals surface area contributed by atoms with Crippen molar-refractivity contribution < 1.29 is 14.5 Å². The third-order valence-electron chi connectivity index (χ3n) is 4.02. The molecule has 0 unspecified atom stereocenters. The van der Waals surface area contributed by atoms with Crippen LogP contribution in [0.1, 0.15) is 5.56 Å². The maximum Gasteiger partial charge on any atom is 0.415 e. The third kappa shape index (κ3) is 4.70. The number of nitrogens with zero attached hydrogens (tertiary/aromatic N) is 2. The zero-order valence-corrected chi connectivity index (χ0v) is 14.7. The molecule has 0 aliphatic rings. The Balaban J connectivity index is 1.65. The second kappa shape index (κ2) is 8.14. The number of rotatable bonds is 5. The Labute approximate surface area is 156 Å². The van der Waals surface area contributed by atoms with E-state index in [0.29, 0.717) is 6.54 Å². The molecule has 6 nitrogen and oxygen atoms in total. The van der Waals surface area contributed by atoms with E-state index < -0.39 is 11.0 Å². The molecule has 0 bridgehead atoms. The molecular weight excluding hydrogens is 344 g/mol. The molecule has 0 heterocycles. The summed E-state index contributed by atoms with van der Waals surface area (Å²) in [5.74, 6) is 0.260. The first-order valence-corrected chi connectivity index (χ1v) is 8.35. The number of amides is 1. The molecule has 0 fully saturated rings. The quantitative estimate of drug-likeness (QED) is 0.478. The van der Waals surface area contributed by atoms with Gasteiger partial charge in [0.25, 0.3) is 5.69 Å². The van der Waals surface area contributed by atoms with Gasteiger partial charge in [-0.05, 0) is 34.9 Å². The Morgan fingerprint density at radius 3 is 2.30 bits per heavy atom. The van der Waals surface area contributed by atoms with Crippen molar-refractivity contribution >= 4 is 11.8 Å². The molecule has 3 aromatic carbocycles. The molecule has 0 saturated heterocycles. The highest BCUT2D eigenvalue weighted by Crippen LogP contribution is 2.21. The number of carbonyl (C=O) groups is 1. The molecule has 0 radical (unpaired) electrons. The van der Waals surface area contributed by atoms with E-state index in [4.69, 9.17) is 4.74 Å². The number of nitro benzene ring substituents is 1. The van der Waals surface area contributed by atoms with Crippen LogP contribution in [-0.2, 0) is 6.54 Å². The lowest BCUT2D eigenvalue weighted by Crippen LogP contribution is -2.29. The summed E-state index contributed by atoms with van der Waals surface area (Å²) in [6.45, 7) is 0.381. The smallest absolute Gasteiger partial charge is 0.410 e. The number of benzene rings is 3. The fourth-order valence-electron chi connectivity index (χ4n) is 2.63. The molecule has 0 saturated carbocycles. The van der Waals surface area contributed by atoms with Gasteiger partial charge in [-0.1, -0.05) is 48.5 Å². The van der Waals surface area contributed by atoms with E-state index in [0.717, 1.165) is 16.7 Å². The normalized spacial score (nSPS) is 10.3. The average Bonchev–Trinajstić information content (AvgIpc) is 2.69. The van der Waals surface area contributed by atoms with Crippen molar-refractivity contribution in [2.24, 2.45) is 0 Å². The lowest BCUT2D eigenvalue weighted by molar-refractivity contribution is -0.384. The lowest BCUT2D eigenvalue weighted by Gasteiger charge is -2.17. The predicted octanol–water partition coefficient (Wildman–Crippen LogP) is 4.89. The fraction of sp³-hybridized carbons (Fsp3) is 0.0952.